The fraction of sp³-hybridized carbons (Fsp3) is 0.318. The first-order valence-corrected chi connectivity index (χ1v) is 9.78. The minimum Gasteiger partial charge on any atom is -0.548 e. The normalized spacial score (nSPS) is 18.1. The second-order valence-corrected chi connectivity index (χ2v) is 7.29. The van der Waals surface area contributed by atoms with Crippen molar-refractivity contribution >= 4 is 17.8 Å². The second-order valence-electron chi connectivity index (χ2n) is 7.29. The van der Waals surface area contributed by atoms with Gasteiger partial charge in [-0.25, -0.2) is 0 Å². The van der Waals surface area contributed by atoms with Gasteiger partial charge >= 0.3 is 0 Å². The molecule has 8 heteroatoms. The minimum atomic E-state index is -1.28. The third kappa shape index (κ3) is 4.07. The fourth-order valence-corrected chi connectivity index (χ4v) is 3.81. The van der Waals surface area contributed by atoms with E-state index >= 15 is 0 Å². The van der Waals surface area contributed by atoms with Crippen LogP contribution in [0, 0.1) is 0 Å². The van der Waals surface area contributed by atoms with E-state index in [0.29, 0.717) is 36.4 Å². The van der Waals surface area contributed by atoms with Crippen LogP contribution in [0.3, 0.4) is 0 Å². The molecule has 1 N–H and O–H groups in total. The number of ether oxygens (including phenoxy) is 2. The quantitative estimate of drug-likeness (QED) is 0.744. The Kier molecular flexibility index (Phi) is 5.56. The number of nitrogens with one attached hydrogen (secondary N) is 1. The average molecular weight is 409 g/mol. The maximum atomic E-state index is 13.2. The highest BCUT2D eigenvalue weighted by Gasteiger charge is 2.35. The number of benzene rings is 2. The summed E-state index contributed by atoms with van der Waals surface area (Å²) in [7, 11) is 0. The monoisotopic (exact) mass is 409 g/mol. The van der Waals surface area contributed by atoms with Crippen molar-refractivity contribution in [1.29, 1.82) is 0 Å². The highest BCUT2D eigenvalue weighted by atomic mass is 16.7. The molecule has 0 spiro atoms. The topological polar surface area (TPSA) is 108 Å². The van der Waals surface area contributed by atoms with Gasteiger partial charge in [-0.15, -0.1) is 0 Å². The molecule has 0 aromatic heterocycles. The summed E-state index contributed by atoms with van der Waals surface area (Å²) in [5.41, 5.74) is 1.18. The average Bonchev–Trinajstić information content (AvgIpc) is 3.42. The van der Waals surface area contributed by atoms with Crippen molar-refractivity contribution < 1.29 is 29.0 Å². The number of carbonyl (C=O) groups excluding carboxylic acids is 3. The molecule has 2 aromatic rings. The summed E-state index contributed by atoms with van der Waals surface area (Å²) in [5.74, 6) is -0.937. The standard InChI is InChI=1S/C22H22N2O6/c25-20(15-5-2-1-3-6-15)23-16(21(26)24-10-4-7-17(24)22(27)28)11-14-8-9-18-19(12-14)30-13-29-18/h1-3,5-6,8-9,12,16-17H,4,7,10-11,13H2,(H,23,25)(H,27,28)/p-1/t16-,17+/m0/s1. The van der Waals surface area contributed by atoms with Crippen molar-refractivity contribution in [2.75, 3.05) is 13.3 Å². The van der Waals surface area contributed by atoms with Crippen LogP contribution in [0.1, 0.15) is 28.8 Å². The number of amides is 2. The van der Waals surface area contributed by atoms with Crippen LogP contribution >= 0.6 is 0 Å². The van der Waals surface area contributed by atoms with E-state index < -0.39 is 29.9 Å². The molecular weight excluding hydrogens is 388 g/mol. The van der Waals surface area contributed by atoms with Gasteiger partial charge in [-0.2, -0.15) is 0 Å². The molecular formula is C22H21N2O6-. The van der Waals surface area contributed by atoms with Gasteiger partial charge in [-0.3, -0.25) is 9.59 Å². The van der Waals surface area contributed by atoms with Crippen molar-refractivity contribution in [2.24, 2.45) is 0 Å². The van der Waals surface area contributed by atoms with E-state index in [1.165, 1.54) is 4.90 Å². The van der Waals surface area contributed by atoms with Gasteiger partial charge in [-0.1, -0.05) is 24.3 Å². The first kappa shape index (κ1) is 19.8. The third-order valence-corrected chi connectivity index (χ3v) is 5.32. The number of fused-ring (bicyclic) bond motifs is 1. The largest absolute Gasteiger partial charge is 0.548 e. The van der Waals surface area contributed by atoms with E-state index in [-0.39, 0.29) is 13.2 Å². The van der Waals surface area contributed by atoms with Gasteiger partial charge in [0.1, 0.15) is 6.04 Å². The minimum absolute atomic E-state index is 0.132. The number of carboxylic acid groups (broad SMARTS) is 1. The Morgan fingerprint density at radius 2 is 1.87 bits per heavy atom. The maximum absolute atomic E-state index is 13.2. The van der Waals surface area contributed by atoms with Gasteiger partial charge in [-0.05, 0) is 42.7 Å². The summed E-state index contributed by atoms with van der Waals surface area (Å²) in [5, 5.41) is 14.2. The Bertz CT molecular complexity index is 961. The molecule has 2 aromatic carbocycles. The van der Waals surface area contributed by atoms with Gasteiger partial charge in [0.15, 0.2) is 11.5 Å². The Morgan fingerprint density at radius 3 is 2.63 bits per heavy atom. The summed E-state index contributed by atoms with van der Waals surface area (Å²) in [4.78, 5) is 38.7. The maximum Gasteiger partial charge on any atom is 0.251 e. The van der Waals surface area contributed by atoms with Gasteiger partial charge in [0, 0.05) is 18.5 Å². The van der Waals surface area contributed by atoms with Crippen LogP contribution in [-0.4, -0.2) is 48.1 Å². The van der Waals surface area contributed by atoms with Crippen molar-refractivity contribution in [3.63, 3.8) is 0 Å². The smallest absolute Gasteiger partial charge is 0.251 e. The molecule has 0 bridgehead atoms. The van der Waals surface area contributed by atoms with E-state index in [1.54, 1.807) is 48.5 Å². The molecule has 0 radical (unpaired) electrons. The summed E-state index contributed by atoms with van der Waals surface area (Å²) in [6.07, 6.45) is 1.11. The number of aliphatic carboxylic acids is 1. The lowest BCUT2D eigenvalue weighted by molar-refractivity contribution is -0.310. The Balaban J connectivity index is 1.58. The molecule has 2 amide bonds. The third-order valence-electron chi connectivity index (χ3n) is 5.32. The summed E-state index contributed by atoms with van der Waals surface area (Å²) >= 11 is 0. The zero-order chi connectivity index (χ0) is 21.1. The SMILES string of the molecule is O=C(N[C@@H](Cc1ccc2c(c1)OCO2)C(=O)N1CCC[C@@H]1C(=O)[O-])c1ccccc1. The highest BCUT2D eigenvalue weighted by molar-refractivity contribution is 5.98. The lowest BCUT2D eigenvalue weighted by atomic mass is 10.0. The Morgan fingerprint density at radius 1 is 1.10 bits per heavy atom. The Labute approximate surface area is 173 Å². The molecule has 0 aliphatic carbocycles. The molecule has 0 saturated carbocycles. The lowest BCUT2D eigenvalue weighted by Crippen LogP contribution is -2.54. The molecule has 2 heterocycles. The molecule has 2 aliphatic rings. The van der Waals surface area contributed by atoms with Crippen LogP contribution in [0.15, 0.2) is 48.5 Å². The van der Waals surface area contributed by atoms with Crippen LogP contribution < -0.4 is 19.9 Å². The van der Waals surface area contributed by atoms with Crippen molar-refractivity contribution in [2.45, 2.75) is 31.3 Å². The number of nitrogens with zero attached hydrogens (tertiary/aromatic N) is 1. The van der Waals surface area contributed by atoms with E-state index in [0.717, 1.165) is 5.56 Å². The summed E-state index contributed by atoms with van der Waals surface area (Å²) in [6, 6.07) is 11.9. The molecule has 1 fully saturated rings. The summed E-state index contributed by atoms with van der Waals surface area (Å²) in [6.45, 7) is 0.448. The molecule has 2 aliphatic heterocycles. The van der Waals surface area contributed by atoms with Gasteiger partial charge in [0.25, 0.3) is 5.91 Å². The first-order valence-electron chi connectivity index (χ1n) is 9.78. The number of carbonyl (C=O) groups is 3. The number of carboxylic acids is 1. The van der Waals surface area contributed by atoms with E-state index in [4.69, 9.17) is 9.47 Å². The number of rotatable bonds is 6. The van der Waals surface area contributed by atoms with Crippen LogP contribution in [0.4, 0.5) is 0 Å². The fourth-order valence-electron chi connectivity index (χ4n) is 3.81. The summed E-state index contributed by atoms with van der Waals surface area (Å²) < 4.78 is 10.7. The van der Waals surface area contributed by atoms with Gasteiger partial charge in [0.05, 0.1) is 12.0 Å². The molecule has 30 heavy (non-hydrogen) atoms. The van der Waals surface area contributed by atoms with Crippen molar-refractivity contribution in [3.05, 3.63) is 59.7 Å². The predicted octanol–water partition coefficient (Wildman–Crippen LogP) is 0.497. The molecule has 8 nitrogen and oxygen atoms in total. The van der Waals surface area contributed by atoms with Gasteiger partial charge < -0.3 is 29.6 Å². The zero-order valence-electron chi connectivity index (χ0n) is 16.2. The molecule has 2 atom stereocenters. The van der Waals surface area contributed by atoms with Crippen molar-refractivity contribution in [1.82, 2.24) is 10.2 Å². The first-order chi connectivity index (χ1) is 14.5. The number of hydrogen-bond acceptors (Lipinski definition) is 6. The van der Waals surface area contributed by atoms with Gasteiger partial charge in [0.2, 0.25) is 12.7 Å². The zero-order valence-corrected chi connectivity index (χ0v) is 16.2. The predicted molar refractivity (Wildman–Crippen MR) is 104 cm³/mol. The molecule has 1 saturated heterocycles. The number of hydrogen-bond donors (Lipinski definition) is 1. The highest BCUT2D eigenvalue weighted by Crippen LogP contribution is 2.33. The molecule has 156 valence electrons. The molecule has 4 rings (SSSR count). The lowest BCUT2D eigenvalue weighted by Gasteiger charge is -2.30. The Hall–Kier alpha value is -3.55. The number of likely N-dealkylation sites (tertiary alicyclic amines) is 1. The van der Waals surface area contributed by atoms with Crippen LogP contribution in [0.2, 0.25) is 0 Å². The van der Waals surface area contributed by atoms with Crippen LogP contribution in [-0.2, 0) is 16.0 Å². The van der Waals surface area contributed by atoms with E-state index in [1.807, 2.05) is 0 Å². The van der Waals surface area contributed by atoms with Crippen LogP contribution in [0.5, 0.6) is 11.5 Å². The van der Waals surface area contributed by atoms with Crippen LogP contribution in [0.25, 0.3) is 0 Å². The van der Waals surface area contributed by atoms with Crippen molar-refractivity contribution in [3.8, 4) is 11.5 Å². The van der Waals surface area contributed by atoms with E-state index in [2.05, 4.69) is 5.32 Å². The van der Waals surface area contributed by atoms with E-state index in [9.17, 15) is 19.5 Å². The molecule has 0 unspecified atom stereocenters. The second kappa shape index (κ2) is 8.44.